The number of nitrogens with one attached hydrogen (secondary N) is 1. The molecule has 3 heterocycles. The van der Waals surface area contributed by atoms with Crippen LogP contribution in [0.15, 0.2) is 24.4 Å². The molecule has 1 aromatic heterocycles. The highest BCUT2D eigenvalue weighted by Gasteiger charge is 2.44. The Bertz CT molecular complexity index is 631. The summed E-state index contributed by atoms with van der Waals surface area (Å²) in [6, 6.07) is 5.30. The normalized spacial score (nSPS) is 22.8. The number of hydrogen-bond acceptors (Lipinski definition) is 4. The van der Waals surface area contributed by atoms with Crippen LogP contribution in [0.5, 0.6) is 0 Å². The summed E-state index contributed by atoms with van der Waals surface area (Å²) >= 11 is 0. The lowest BCUT2D eigenvalue weighted by Crippen LogP contribution is -2.50. The molecule has 0 aliphatic carbocycles. The van der Waals surface area contributed by atoms with E-state index < -0.39 is 0 Å². The van der Waals surface area contributed by atoms with E-state index in [2.05, 4.69) is 10.3 Å². The van der Waals surface area contributed by atoms with Crippen LogP contribution in [-0.4, -0.2) is 53.0 Å². The fourth-order valence-electron chi connectivity index (χ4n) is 3.63. The van der Waals surface area contributed by atoms with Crippen LogP contribution in [0.25, 0.3) is 0 Å². The van der Waals surface area contributed by atoms with Crippen molar-refractivity contribution in [3.8, 4) is 0 Å². The molecule has 1 aromatic rings. The zero-order valence-corrected chi connectivity index (χ0v) is 15.2. The Morgan fingerprint density at radius 3 is 2.60 bits per heavy atom. The maximum Gasteiger partial charge on any atom is 0.270 e. The molecule has 3 rings (SSSR count). The van der Waals surface area contributed by atoms with Crippen LogP contribution in [0.4, 0.5) is 0 Å². The van der Waals surface area contributed by atoms with Crippen LogP contribution in [-0.2, 0) is 9.53 Å². The van der Waals surface area contributed by atoms with Crippen LogP contribution < -0.4 is 5.32 Å². The van der Waals surface area contributed by atoms with Gasteiger partial charge in [-0.05, 0) is 31.4 Å². The molecule has 0 saturated carbocycles. The minimum Gasteiger partial charge on any atom is -0.373 e. The molecule has 2 amide bonds. The molecule has 25 heavy (non-hydrogen) atoms. The first-order valence-corrected chi connectivity index (χ1v) is 8.94. The summed E-state index contributed by atoms with van der Waals surface area (Å²) in [5.41, 5.74) is -0.134. The molecule has 2 aliphatic heterocycles. The van der Waals surface area contributed by atoms with Gasteiger partial charge in [0.1, 0.15) is 5.69 Å². The molecule has 1 atom stereocenters. The number of carbonyl (C=O) groups is 2. The average molecular weight is 345 g/mol. The maximum absolute atomic E-state index is 12.4. The minimum atomic E-state index is -0.347. The number of aromatic nitrogens is 1. The Kier molecular flexibility index (Phi) is 4.82. The molecule has 136 valence electrons. The number of hydrogen-bond donors (Lipinski definition) is 1. The number of amides is 2. The maximum atomic E-state index is 12.4. The first kappa shape index (κ1) is 17.9. The molecule has 6 heteroatoms. The quantitative estimate of drug-likeness (QED) is 0.890. The van der Waals surface area contributed by atoms with E-state index in [0.29, 0.717) is 12.3 Å². The average Bonchev–Trinajstić information content (AvgIpc) is 2.97. The predicted molar refractivity (Wildman–Crippen MR) is 94.1 cm³/mol. The molecule has 2 fully saturated rings. The van der Waals surface area contributed by atoms with Crippen LogP contribution in [0, 0.1) is 5.41 Å². The van der Waals surface area contributed by atoms with Gasteiger partial charge in [-0.15, -0.1) is 0 Å². The second-order valence-corrected chi connectivity index (χ2v) is 8.13. The number of ether oxygens (including phenoxy) is 1. The molecular formula is C19H27N3O3. The third kappa shape index (κ3) is 4.00. The van der Waals surface area contributed by atoms with Crippen molar-refractivity contribution in [2.75, 3.05) is 19.7 Å². The molecule has 2 aliphatic rings. The SMILES string of the molecule is CC(C)(C)C(=O)N1CCC2(CC1)CC(NC(=O)c1ccccn1)CO2. The van der Waals surface area contributed by atoms with Gasteiger partial charge in [-0.2, -0.15) is 0 Å². The van der Waals surface area contributed by atoms with Gasteiger partial charge in [-0.3, -0.25) is 14.6 Å². The van der Waals surface area contributed by atoms with Gasteiger partial charge in [0.15, 0.2) is 0 Å². The van der Waals surface area contributed by atoms with Crippen molar-refractivity contribution in [3.05, 3.63) is 30.1 Å². The fourth-order valence-corrected chi connectivity index (χ4v) is 3.63. The van der Waals surface area contributed by atoms with Crippen molar-refractivity contribution in [1.29, 1.82) is 0 Å². The van der Waals surface area contributed by atoms with Gasteiger partial charge in [0.05, 0.1) is 18.2 Å². The zero-order valence-electron chi connectivity index (χ0n) is 15.2. The second-order valence-electron chi connectivity index (χ2n) is 8.13. The molecule has 0 aromatic carbocycles. The van der Waals surface area contributed by atoms with Crippen molar-refractivity contribution in [3.63, 3.8) is 0 Å². The van der Waals surface area contributed by atoms with Crippen molar-refractivity contribution >= 4 is 11.8 Å². The zero-order chi connectivity index (χ0) is 18.1. The van der Waals surface area contributed by atoms with Crippen molar-refractivity contribution in [1.82, 2.24) is 15.2 Å². The predicted octanol–water partition coefficient (Wildman–Crippen LogP) is 2.01. The van der Waals surface area contributed by atoms with Crippen LogP contribution in [0.2, 0.25) is 0 Å². The Balaban J connectivity index is 1.53. The lowest BCUT2D eigenvalue weighted by atomic mass is 9.85. The molecule has 6 nitrogen and oxygen atoms in total. The third-order valence-corrected chi connectivity index (χ3v) is 5.05. The number of nitrogens with zero attached hydrogens (tertiary/aromatic N) is 2. The summed E-state index contributed by atoms with van der Waals surface area (Å²) in [6.07, 6.45) is 4.06. The minimum absolute atomic E-state index is 0.000580. The van der Waals surface area contributed by atoms with Gasteiger partial charge in [0, 0.05) is 24.7 Å². The largest absolute Gasteiger partial charge is 0.373 e. The summed E-state index contributed by atoms with van der Waals surface area (Å²) in [4.78, 5) is 30.7. The topological polar surface area (TPSA) is 71.5 Å². The van der Waals surface area contributed by atoms with E-state index >= 15 is 0 Å². The van der Waals surface area contributed by atoms with Crippen molar-refractivity contribution in [2.45, 2.75) is 51.7 Å². The number of rotatable bonds is 2. The summed E-state index contributed by atoms with van der Waals surface area (Å²) in [5, 5.41) is 3.02. The van der Waals surface area contributed by atoms with Gasteiger partial charge >= 0.3 is 0 Å². The van der Waals surface area contributed by atoms with E-state index in [4.69, 9.17) is 4.74 Å². The van der Waals surface area contributed by atoms with Crippen molar-refractivity contribution < 1.29 is 14.3 Å². The lowest BCUT2D eigenvalue weighted by Gasteiger charge is -2.40. The first-order valence-electron chi connectivity index (χ1n) is 8.94. The van der Waals surface area contributed by atoms with Crippen LogP contribution in [0.3, 0.4) is 0 Å². The summed E-state index contributed by atoms with van der Waals surface area (Å²) < 4.78 is 6.07. The highest BCUT2D eigenvalue weighted by Crippen LogP contribution is 2.37. The third-order valence-electron chi connectivity index (χ3n) is 5.05. The Morgan fingerprint density at radius 1 is 1.28 bits per heavy atom. The van der Waals surface area contributed by atoms with Gasteiger partial charge < -0.3 is 15.0 Å². The summed E-state index contributed by atoms with van der Waals surface area (Å²) in [7, 11) is 0. The van der Waals surface area contributed by atoms with Crippen LogP contribution in [0.1, 0.15) is 50.5 Å². The van der Waals surface area contributed by atoms with Crippen molar-refractivity contribution in [2.24, 2.45) is 5.41 Å². The monoisotopic (exact) mass is 345 g/mol. The van der Waals surface area contributed by atoms with Crippen LogP contribution >= 0.6 is 0 Å². The second kappa shape index (κ2) is 6.75. The lowest BCUT2D eigenvalue weighted by molar-refractivity contribution is -0.144. The highest BCUT2D eigenvalue weighted by atomic mass is 16.5. The standard InChI is InChI=1S/C19H27N3O3/c1-18(2,3)17(24)22-10-7-19(8-11-22)12-14(13-25-19)21-16(23)15-6-4-5-9-20-15/h4-6,9,14H,7-8,10-13H2,1-3H3,(H,21,23). The Morgan fingerprint density at radius 2 is 2.00 bits per heavy atom. The van der Waals surface area contributed by atoms with E-state index in [1.807, 2.05) is 25.7 Å². The van der Waals surface area contributed by atoms with Gasteiger partial charge in [-0.1, -0.05) is 26.8 Å². The molecule has 2 saturated heterocycles. The number of carbonyl (C=O) groups excluding carboxylic acids is 2. The van der Waals surface area contributed by atoms with E-state index in [1.54, 1.807) is 24.4 Å². The first-order chi connectivity index (χ1) is 11.8. The molecule has 1 unspecified atom stereocenters. The highest BCUT2D eigenvalue weighted by molar-refractivity contribution is 5.92. The number of likely N-dealkylation sites (tertiary alicyclic amines) is 1. The van der Waals surface area contributed by atoms with Gasteiger partial charge in [-0.25, -0.2) is 0 Å². The number of piperidine rings is 1. The van der Waals surface area contributed by atoms with E-state index in [-0.39, 0.29) is 28.9 Å². The van der Waals surface area contributed by atoms with E-state index in [9.17, 15) is 9.59 Å². The summed E-state index contributed by atoms with van der Waals surface area (Å²) in [5.74, 6) is 0.0342. The van der Waals surface area contributed by atoms with E-state index in [1.165, 1.54) is 0 Å². The molecular weight excluding hydrogens is 318 g/mol. The molecule has 1 spiro atoms. The molecule has 1 N–H and O–H groups in total. The number of pyridine rings is 1. The van der Waals surface area contributed by atoms with Gasteiger partial charge in [0.2, 0.25) is 5.91 Å². The summed E-state index contributed by atoms with van der Waals surface area (Å²) in [6.45, 7) is 7.82. The van der Waals surface area contributed by atoms with Gasteiger partial charge in [0.25, 0.3) is 5.91 Å². The fraction of sp³-hybridized carbons (Fsp3) is 0.632. The Hall–Kier alpha value is -1.95. The Labute approximate surface area is 148 Å². The molecule has 0 bridgehead atoms. The molecule has 0 radical (unpaired) electrons. The smallest absolute Gasteiger partial charge is 0.270 e. The van der Waals surface area contributed by atoms with E-state index in [0.717, 1.165) is 32.4 Å².